The predicted molar refractivity (Wildman–Crippen MR) is 225 cm³/mol. The molecule has 0 aromatic heterocycles. The number of hydrogen-bond donors (Lipinski definition) is 0. The Morgan fingerprint density at radius 3 is 1.31 bits per heavy atom. The largest absolute Gasteiger partial charge is 0.426 e. The first-order valence-corrected chi connectivity index (χ1v) is 20.0. The lowest BCUT2D eigenvalue weighted by Crippen LogP contribution is -2.11. The first-order valence-electron chi connectivity index (χ1n) is 20.0. The Bertz CT molecular complexity index is 2340. The normalized spacial score (nSPS) is 10.9. The first kappa shape index (κ1) is 41.1. The van der Waals surface area contributed by atoms with Crippen LogP contribution in [0, 0.1) is 0 Å². The Balaban J connectivity index is 0.960. The minimum atomic E-state index is -0.417. The number of esters is 4. The first-order chi connectivity index (χ1) is 28.2. The summed E-state index contributed by atoms with van der Waals surface area (Å²) in [6.07, 6.45) is 5.92. The van der Waals surface area contributed by atoms with Gasteiger partial charge in [-0.25, -0.2) is 9.59 Å². The lowest BCUT2D eigenvalue weighted by molar-refractivity contribution is -0.135. The molecule has 0 aliphatic rings. The summed E-state index contributed by atoms with van der Waals surface area (Å²) in [5.74, 6) is 0.232. The number of ether oxygens (including phenoxy) is 4. The van der Waals surface area contributed by atoms with Crippen LogP contribution >= 0.6 is 0 Å². The SMILES string of the molecule is CCCc1ccc(C(=O)Oc2ccc(CCC(=O)Oc3ccc4cc(OC(=O)CCc5ccc(OC(=O)c6ccc(CCC)cc6)cc5)c(CC)cc4c3)cc2)cc1. The van der Waals surface area contributed by atoms with Crippen molar-refractivity contribution in [3.63, 3.8) is 0 Å². The molecule has 0 atom stereocenters. The summed E-state index contributed by atoms with van der Waals surface area (Å²) in [5.41, 5.74) is 6.04. The van der Waals surface area contributed by atoms with Gasteiger partial charge in [-0.1, -0.05) is 88.2 Å². The molecule has 296 valence electrons. The van der Waals surface area contributed by atoms with Gasteiger partial charge in [-0.3, -0.25) is 9.59 Å². The summed E-state index contributed by atoms with van der Waals surface area (Å²) in [4.78, 5) is 50.9. The Morgan fingerprint density at radius 2 is 0.845 bits per heavy atom. The molecule has 6 rings (SSSR count). The summed E-state index contributed by atoms with van der Waals surface area (Å²) in [5, 5.41) is 1.70. The number of fused-ring (bicyclic) bond motifs is 1. The van der Waals surface area contributed by atoms with E-state index in [4.69, 9.17) is 18.9 Å². The average Bonchev–Trinajstić information content (AvgIpc) is 3.23. The smallest absolute Gasteiger partial charge is 0.343 e. The van der Waals surface area contributed by atoms with Crippen LogP contribution in [0.15, 0.2) is 127 Å². The van der Waals surface area contributed by atoms with E-state index in [0.29, 0.717) is 53.4 Å². The highest BCUT2D eigenvalue weighted by molar-refractivity contribution is 5.92. The van der Waals surface area contributed by atoms with Gasteiger partial charge in [0, 0.05) is 12.8 Å². The van der Waals surface area contributed by atoms with Gasteiger partial charge in [0.2, 0.25) is 0 Å². The highest BCUT2D eigenvalue weighted by Gasteiger charge is 2.14. The van der Waals surface area contributed by atoms with E-state index in [1.165, 1.54) is 11.1 Å². The van der Waals surface area contributed by atoms with Crippen LogP contribution in [0.4, 0.5) is 0 Å². The van der Waals surface area contributed by atoms with Crippen LogP contribution in [-0.2, 0) is 41.7 Å². The fraction of sp³-hybridized carbons (Fsp3) is 0.240. The topological polar surface area (TPSA) is 105 Å². The monoisotopic (exact) mass is 776 g/mol. The van der Waals surface area contributed by atoms with Gasteiger partial charge < -0.3 is 18.9 Å². The maximum absolute atomic E-state index is 12.9. The minimum Gasteiger partial charge on any atom is -0.426 e. The Labute approximate surface area is 339 Å². The Hall–Kier alpha value is -6.54. The fourth-order valence-corrected chi connectivity index (χ4v) is 6.56. The molecule has 0 aliphatic carbocycles. The molecule has 58 heavy (non-hydrogen) atoms. The zero-order valence-electron chi connectivity index (χ0n) is 33.3. The van der Waals surface area contributed by atoms with Crippen LogP contribution in [0.1, 0.15) is 95.0 Å². The summed E-state index contributed by atoms with van der Waals surface area (Å²) >= 11 is 0. The second kappa shape index (κ2) is 20.1. The molecule has 0 heterocycles. The summed E-state index contributed by atoms with van der Waals surface area (Å²) in [6.45, 7) is 6.22. The van der Waals surface area contributed by atoms with Crippen LogP contribution in [-0.4, -0.2) is 23.9 Å². The van der Waals surface area contributed by atoms with Crippen molar-refractivity contribution < 1.29 is 38.1 Å². The molecule has 0 aliphatic heterocycles. The van der Waals surface area contributed by atoms with E-state index in [0.717, 1.165) is 53.1 Å². The third kappa shape index (κ3) is 11.5. The minimum absolute atomic E-state index is 0.169. The second-order valence-corrected chi connectivity index (χ2v) is 14.2. The number of benzene rings is 6. The number of carbonyl (C=O) groups excluding carboxylic acids is 4. The van der Waals surface area contributed by atoms with Crippen LogP contribution < -0.4 is 18.9 Å². The van der Waals surface area contributed by atoms with Crippen molar-refractivity contribution in [3.05, 3.63) is 166 Å². The molecule has 0 spiro atoms. The lowest BCUT2D eigenvalue weighted by Gasteiger charge is -2.12. The van der Waals surface area contributed by atoms with Crippen LogP contribution in [0.25, 0.3) is 10.8 Å². The molecule has 0 fully saturated rings. The van der Waals surface area contributed by atoms with E-state index in [-0.39, 0.29) is 24.8 Å². The quantitative estimate of drug-likeness (QED) is 0.0666. The van der Waals surface area contributed by atoms with Crippen molar-refractivity contribution in [1.29, 1.82) is 0 Å². The molecule has 0 N–H and O–H groups in total. The highest BCUT2D eigenvalue weighted by atomic mass is 16.5. The van der Waals surface area contributed by atoms with E-state index < -0.39 is 11.9 Å². The van der Waals surface area contributed by atoms with Crippen molar-refractivity contribution in [2.75, 3.05) is 0 Å². The summed E-state index contributed by atoms with van der Waals surface area (Å²) in [6, 6.07) is 38.3. The molecule has 0 amide bonds. The van der Waals surface area contributed by atoms with Gasteiger partial charge in [0.1, 0.15) is 23.0 Å². The second-order valence-electron chi connectivity index (χ2n) is 14.2. The molecule has 6 aromatic carbocycles. The average molecular weight is 777 g/mol. The number of rotatable bonds is 17. The number of carbonyl (C=O) groups is 4. The zero-order chi connectivity index (χ0) is 40.9. The highest BCUT2D eigenvalue weighted by Crippen LogP contribution is 2.30. The maximum Gasteiger partial charge on any atom is 0.343 e. The Morgan fingerprint density at radius 1 is 0.414 bits per heavy atom. The maximum atomic E-state index is 12.9. The predicted octanol–water partition coefficient (Wildman–Crippen LogP) is 10.8. The van der Waals surface area contributed by atoms with Crippen LogP contribution in [0.5, 0.6) is 23.0 Å². The van der Waals surface area contributed by atoms with Crippen molar-refractivity contribution in [2.45, 2.75) is 78.6 Å². The molecule has 0 saturated carbocycles. The molecule has 8 nitrogen and oxygen atoms in total. The van der Waals surface area contributed by atoms with Crippen molar-refractivity contribution in [1.82, 2.24) is 0 Å². The summed E-state index contributed by atoms with van der Waals surface area (Å²) in [7, 11) is 0. The third-order valence-electron chi connectivity index (χ3n) is 9.79. The van der Waals surface area contributed by atoms with E-state index >= 15 is 0 Å². The zero-order valence-corrected chi connectivity index (χ0v) is 33.3. The van der Waals surface area contributed by atoms with Crippen molar-refractivity contribution in [3.8, 4) is 23.0 Å². The molecule has 0 bridgehead atoms. The molecule has 8 heteroatoms. The number of aryl methyl sites for hydroxylation is 5. The van der Waals surface area contributed by atoms with Crippen LogP contribution in [0.2, 0.25) is 0 Å². The molecule has 0 radical (unpaired) electrons. The van der Waals surface area contributed by atoms with Gasteiger partial charge in [0.15, 0.2) is 0 Å². The molecular weight excluding hydrogens is 729 g/mol. The fourth-order valence-electron chi connectivity index (χ4n) is 6.56. The van der Waals surface area contributed by atoms with E-state index in [2.05, 4.69) is 13.8 Å². The molecule has 6 aromatic rings. The number of hydrogen-bond acceptors (Lipinski definition) is 8. The van der Waals surface area contributed by atoms with E-state index in [1.54, 1.807) is 54.6 Å². The molecule has 0 unspecified atom stereocenters. The standard InChI is InChI=1S/C50H48O8/c1-4-7-34-9-19-39(20-10-34)49(53)56-43-24-13-36(14-25-43)17-29-47(51)55-45-28-23-41-33-46(38(6-3)31-42(41)32-45)58-48(52)30-18-37-15-26-44(27-16-37)57-50(54)40-21-11-35(8-5-2)12-22-40/h9-16,19-28,31-33H,4-8,17-18,29-30H2,1-3H3. The lowest BCUT2D eigenvalue weighted by atomic mass is 10.0. The van der Waals surface area contributed by atoms with Gasteiger partial charge >= 0.3 is 23.9 Å². The van der Waals surface area contributed by atoms with Crippen molar-refractivity contribution in [2.24, 2.45) is 0 Å². The van der Waals surface area contributed by atoms with Gasteiger partial charge in [-0.2, -0.15) is 0 Å². The van der Waals surface area contributed by atoms with Gasteiger partial charge in [0.05, 0.1) is 11.1 Å². The molecular formula is C50H48O8. The van der Waals surface area contributed by atoms with Crippen molar-refractivity contribution >= 4 is 34.6 Å². The van der Waals surface area contributed by atoms with Gasteiger partial charge in [0.25, 0.3) is 0 Å². The van der Waals surface area contributed by atoms with E-state index in [1.807, 2.05) is 79.7 Å². The van der Waals surface area contributed by atoms with Gasteiger partial charge in [-0.15, -0.1) is 0 Å². The van der Waals surface area contributed by atoms with Crippen LogP contribution in [0.3, 0.4) is 0 Å². The van der Waals surface area contributed by atoms with Gasteiger partial charge in [-0.05, 0) is 143 Å². The molecule has 0 saturated heterocycles. The Kier molecular flexibility index (Phi) is 14.2. The summed E-state index contributed by atoms with van der Waals surface area (Å²) < 4.78 is 22.6. The van der Waals surface area contributed by atoms with E-state index in [9.17, 15) is 19.2 Å². The third-order valence-corrected chi connectivity index (χ3v) is 9.79.